The van der Waals surface area contributed by atoms with Gasteiger partial charge in [-0.25, -0.2) is 0 Å². The minimum Gasteiger partial charge on any atom is -0.496 e. The summed E-state index contributed by atoms with van der Waals surface area (Å²) >= 11 is 0. The summed E-state index contributed by atoms with van der Waals surface area (Å²) in [6.07, 6.45) is 3.69. The van der Waals surface area contributed by atoms with Crippen LogP contribution in [0.15, 0.2) is 18.2 Å². The number of methoxy groups -OCH3 is 1. The summed E-state index contributed by atoms with van der Waals surface area (Å²) in [4.78, 5) is 0. The zero-order chi connectivity index (χ0) is 10.9. The van der Waals surface area contributed by atoms with Gasteiger partial charge in [0.05, 0.1) is 12.7 Å². The van der Waals surface area contributed by atoms with Gasteiger partial charge in [0.2, 0.25) is 0 Å². The van der Waals surface area contributed by atoms with E-state index in [9.17, 15) is 5.11 Å². The molecule has 2 heteroatoms. The number of hydrogen-bond acceptors (Lipinski definition) is 2. The average molecular weight is 206 g/mol. The molecule has 0 aliphatic heterocycles. The van der Waals surface area contributed by atoms with Gasteiger partial charge in [-0.1, -0.05) is 19.1 Å². The van der Waals surface area contributed by atoms with E-state index in [-0.39, 0.29) is 0 Å². The molecule has 1 atom stereocenters. The molecule has 1 N–H and O–H groups in total. The van der Waals surface area contributed by atoms with Crippen molar-refractivity contribution in [3.05, 3.63) is 29.3 Å². The van der Waals surface area contributed by atoms with E-state index in [1.165, 1.54) is 5.56 Å². The molecule has 15 heavy (non-hydrogen) atoms. The van der Waals surface area contributed by atoms with Gasteiger partial charge < -0.3 is 9.84 Å². The van der Waals surface area contributed by atoms with Crippen molar-refractivity contribution in [3.63, 3.8) is 0 Å². The van der Waals surface area contributed by atoms with E-state index in [4.69, 9.17) is 4.74 Å². The number of ether oxygens (including phenoxy) is 1. The predicted molar refractivity (Wildman–Crippen MR) is 60.1 cm³/mol. The van der Waals surface area contributed by atoms with E-state index in [0.717, 1.165) is 37.0 Å². The fourth-order valence-electron chi connectivity index (χ4n) is 2.51. The van der Waals surface area contributed by atoms with Crippen molar-refractivity contribution < 1.29 is 9.84 Å². The zero-order valence-corrected chi connectivity index (χ0v) is 9.42. The molecule has 0 bridgehead atoms. The Labute approximate surface area is 90.9 Å². The maximum absolute atomic E-state index is 10.5. The molecule has 0 heterocycles. The number of fused-ring (bicyclic) bond motifs is 1. The second kappa shape index (κ2) is 3.86. The Kier molecular flexibility index (Phi) is 2.70. The third-order valence-corrected chi connectivity index (χ3v) is 3.46. The molecule has 1 aromatic rings. The van der Waals surface area contributed by atoms with E-state index in [2.05, 4.69) is 0 Å². The minimum absolute atomic E-state index is 0.637. The van der Waals surface area contributed by atoms with E-state index in [1.807, 2.05) is 25.1 Å². The zero-order valence-electron chi connectivity index (χ0n) is 9.42. The number of hydrogen-bond donors (Lipinski definition) is 1. The van der Waals surface area contributed by atoms with Crippen LogP contribution >= 0.6 is 0 Å². The van der Waals surface area contributed by atoms with Gasteiger partial charge >= 0.3 is 0 Å². The lowest BCUT2D eigenvalue weighted by molar-refractivity contribution is 0.0144. The third-order valence-electron chi connectivity index (χ3n) is 3.46. The lowest BCUT2D eigenvalue weighted by Gasteiger charge is -2.34. The number of rotatable bonds is 2. The predicted octanol–water partition coefficient (Wildman–Crippen LogP) is 2.63. The van der Waals surface area contributed by atoms with Crippen LogP contribution in [0, 0.1) is 0 Å². The van der Waals surface area contributed by atoms with Gasteiger partial charge in [0, 0.05) is 5.56 Å². The van der Waals surface area contributed by atoms with Crippen LogP contribution in [-0.2, 0) is 12.0 Å². The fraction of sp³-hybridized carbons (Fsp3) is 0.538. The minimum atomic E-state index is -0.637. The number of benzene rings is 1. The Morgan fingerprint density at radius 3 is 2.93 bits per heavy atom. The van der Waals surface area contributed by atoms with Crippen molar-refractivity contribution >= 4 is 0 Å². The summed E-state index contributed by atoms with van der Waals surface area (Å²) in [7, 11) is 1.69. The second-order valence-corrected chi connectivity index (χ2v) is 4.23. The first-order chi connectivity index (χ1) is 7.21. The Balaban J connectivity index is 2.53. The first-order valence-corrected chi connectivity index (χ1v) is 5.60. The second-order valence-electron chi connectivity index (χ2n) is 4.23. The highest BCUT2D eigenvalue weighted by Gasteiger charge is 2.33. The van der Waals surface area contributed by atoms with Crippen molar-refractivity contribution in [1.29, 1.82) is 0 Å². The highest BCUT2D eigenvalue weighted by molar-refractivity contribution is 5.44. The highest BCUT2D eigenvalue weighted by atomic mass is 16.5. The summed E-state index contributed by atoms with van der Waals surface area (Å²) in [5.74, 6) is 0.916. The molecule has 0 saturated heterocycles. The molecule has 2 nitrogen and oxygen atoms in total. The molecule has 1 aliphatic rings. The van der Waals surface area contributed by atoms with E-state index in [1.54, 1.807) is 7.11 Å². The van der Waals surface area contributed by atoms with Crippen LogP contribution in [0.1, 0.15) is 37.3 Å². The summed E-state index contributed by atoms with van der Waals surface area (Å²) in [6.45, 7) is 2.04. The quantitative estimate of drug-likeness (QED) is 0.806. The van der Waals surface area contributed by atoms with Crippen LogP contribution in [0.25, 0.3) is 0 Å². The van der Waals surface area contributed by atoms with Crippen LogP contribution in [0.2, 0.25) is 0 Å². The molecule has 0 fully saturated rings. The maximum atomic E-state index is 10.5. The maximum Gasteiger partial charge on any atom is 0.122 e. The lowest BCUT2D eigenvalue weighted by atomic mass is 9.77. The van der Waals surface area contributed by atoms with Crippen molar-refractivity contribution in [3.8, 4) is 5.75 Å². The SMILES string of the molecule is CCC1(O)CCCc2c(OC)cccc21. The normalized spacial score (nSPS) is 24.7. The topological polar surface area (TPSA) is 29.5 Å². The Morgan fingerprint density at radius 1 is 1.47 bits per heavy atom. The molecule has 0 saturated carbocycles. The molecule has 0 spiro atoms. The molecule has 0 aromatic heterocycles. The van der Waals surface area contributed by atoms with Gasteiger partial charge in [-0.3, -0.25) is 0 Å². The summed E-state index contributed by atoms with van der Waals surface area (Å²) in [6, 6.07) is 5.96. The van der Waals surface area contributed by atoms with E-state index < -0.39 is 5.60 Å². The van der Waals surface area contributed by atoms with Gasteiger partial charge in [0.1, 0.15) is 5.75 Å². The van der Waals surface area contributed by atoms with Gasteiger partial charge in [-0.05, 0) is 37.3 Å². The van der Waals surface area contributed by atoms with Gasteiger partial charge in [-0.15, -0.1) is 0 Å². The number of aliphatic hydroxyl groups is 1. The Hall–Kier alpha value is -1.02. The third kappa shape index (κ3) is 1.63. The molecular weight excluding hydrogens is 188 g/mol. The smallest absolute Gasteiger partial charge is 0.122 e. The van der Waals surface area contributed by atoms with E-state index in [0.29, 0.717) is 0 Å². The highest BCUT2D eigenvalue weighted by Crippen LogP contribution is 2.40. The molecule has 82 valence electrons. The summed E-state index contributed by atoms with van der Waals surface area (Å²) in [5.41, 5.74) is 1.62. The molecule has 1 aromatic carbocycles. The van der Waals surface area contributed by atoms with Crippen molar-refractivity contribution in [2.75, 3.05) is 7.11 Å². The van der Waals surface area contributed by atoms with Gasteiger partial charge in [0.25, 0.3) is 0 Å². The van der Waals surface area contributed by atoms with Gasteiger partial charge in [0.15, 0.2) is 0 Å². The first kappa shape index (κ1) is 10.5. The van der Waals surface area contributed by atoms with Crippen LogP contribution in [-0.4, -0.2) is 12.2 Å². The van der Waals surface area contributed by atoms with Crippen LogP contribution in [0.4, 0.5) is 0 Å². The van der Waals surface area contributed by atoms with Crippen LogP contribution in [0.5, 0.6) is 5.75 Å². The standard InChI is InChI=1S/C13H18O2/c1-3-13(14)9-5-6-10-11(13)7-4-8-12(10)15-2/h4,7-8,14H,3,5-6,9H2,1-2H3. The van der Waals surface area contributed by atoms with Crippen molar-refractivity contribution in [1.82, 2.24) is 0 Å². The van der Waals surface area contributed by atoms with Crippen molar-refractivity contribution in [2.45, 2.75) is 38.2 Å². The van der Waals surface area contributed by atoms with Gasteiger partial charge in [-0.2, -0.15) is 0 Å². The fourth-order valence-corrected chi connectivity index (χ4v) is 2.51. The van der Waals surface area contributed by atoms with Crippen LogP contribution < -0.4 is 4.74 Å². The summed E-state index contributed by atoms with van der Waals surface area (Å²) < 4.78 is 5.34. The first-order valence-electron chi connectivity index (χ1n) is 5.60. The molecular formula is C13H18O2. The molecule has 2 rings (SSSR count). The molecule has 0 radical (unpaired) electrons. The average Bonchev–Trinajstić information content (AvgIpc) is 2.29. The molecule has 1 unspecified atom stereocenters. The Bertz CT molecular complexity index is 360. The molecule has 0 amide bonds. The monoisotopic (exact) mass is 206 g/mol. The van der Waals surface area contributed by atoms with E-state index >= 15 is 0 Å². The largest absolute Gasteiger partial charge is 0.496 e. The lowest BCUT2D eigenvalue weighted by Crippen LogP contribution is -2.29. The Morgan fingerprint density at radius 2 is 2.27 bits per heavy atom. The summed E-state index contributed by atoms with van der Waals surface area (Å²) in [5, 5.41) is 10.5. The van der Waals surface area contributed by atoms with Crippen LogP contribution in [0.3, 0.4) is 0 Å². The molecule has 1 aliphatic carbocycles. The van der Waals surface area contributed by atoms with Crippen molar-refractivity contribution in [2.24, 2.45) is 0 Å².